The van der Waals surface area contributed by atoms with Crippen molar-refractivity contribution in [2.75, 3.05) is 26.2 Å². The van der Waals surface area contributed by atoms with Crippen molar-refractivity contribution in [2.45, 2.75) is 6.54 Å². The van der Waals surface area contributed by atoms with Crippen molar-refractivity contribution in [1.82, 2.24) is 9.80 Å². The molecule has 1 amide bonds. The van der Waals surface area contributed by atoms with E-state index in [0.29, 0.717) is 13.1 Å². The minimum atomic E-state index is -0.818. The Balaban J connectivity index is 1.91. The largest absolute Gasteiger partial charge is 0.465 e. The van der Waals surface area contributed by atoms with Gasteiger partial charge in [0.1, 0.15) is 0 Å². The molecule has 0 bridgehead atoms. The van der Waals surface area contributed by atoms with Crippen molar-refractivity contribution >= 4 is 38.0 Å². The summed E-state index contributed by atoms with van der Waals surface area (Å²) in [6, 6.07) is 6.19. The molecule has 0 radical (unpaired) electrons. The molecule has 4 nitrogen and oxygen atoms in total. The Labute approximate surface area is 123 Å². The van der Waals surface area contributed by atoms with Gasteiger partial charge < -0.3 is 10.0 Å². The van der Waals surface area contributed by atoms with Gasteiger partial charge in [0, 0.05) is 41.7 Å². The highest BCUT2D eigenvalue weighted by atomic mass is 79.9. The summed E-state index contributed by atoms with van der Waals surface area (Å²) in [6.07, 6.45) is -0.818. The fraction of sp³-hybridized carbons (Fsp3) is 0.417. The molecule has 0 aliphatic carbocycles. The minimum absolute atomic E-state index is 0.590. The standard InChI is InChI=1S/C12H14Br2N2O2/c13-10-2-1-9(7-11(10)14)8-15-3-5-16(6-4-15)12(17)18/h1-2,7H,3-6,8H2,(H,17,18). The highest BCUT2D eigenvalue weighted by Gasteiger charge is 2.20. The average Bonchev–Trinajstić information content (AvgIpc) is 2.34. The third-order valence-electron chi connectivity index (χ3n) is 3.03. The first-order valence-corrected chi connectivity index (χ1v) is 7.29. The number of piperazine rings is 1. The molecule has 1 aromatic carbocycles. The van der Waals surface area contributed by atoms with E-state index >= 15 is 0 Å². The Morgan fingerprint density at radius 1 is 1.17 bits per heavy atom. The zero-order valence-corrected chi connectivity index (χ0v) is 12.9. The predicted octanol–water partition coefficient (Wildman–Crippen LogP) is 3.01. The molecule has 1 heterocycles. The number of carboxylic acid groups (broad SMARTS) is 1. The summed E-state index contributed by atoms with van der Waals surface area (Å²) in [7, 11) is 0. The first kappa shape index (κ1) is 13.8. The van der Waals surface area contributed by atoms with E-state index in [2.05, 4.69) is 48.9 Å². The molecule has 1 fully saturated rings. The van der Waals surface area contributed by atoms with Gasteiger partial charge in [-0.1, -0.05) is 6.07 Å². The van der Waals surface area contributed by atoms with Crippen LogP contribution in [0.3, 0.4) is 0 Å². The van der Waals surface area contributed by atoms with Crippen LogP contribution in [0.5, 0.6) is 0 Å². The van der Waals surface area contributed by atoms with Crippen molar-refractivity contribution in [3.05, 3.63) is 32.7 Å². The molecule has 18 heavy (non-hydrogen) atoms. The van der Waals surface area contributed by atoms with E-state index in [1.54, 1.807) is 0 Å². The maximum absolute atomic E-state index is 10.8. The Hall–Kier alpha value is -0.590. The number of hydrogen-bond acceptors (Lipinski definition) is 2. The molecule has 0 spiro atoms. The lowest BCUT2D eigenvalue weighted by Gasteiger charge is -2.33. The van der Waals surface area contributed by atoms with Crippen molar-refractivity contribution in [1.29, 1.82) is 0 Å². The lowest BCUT2D eigenvalue weighted by atomic mass is 10.2. The van der Waals surface area contributed by atoms with E-state index in [1.165, 1.54) is 10.5 Å². The number of rotatable bonds is 2. The Kier molecular flexibility index (Phi) is 4.64. The van der Waals surface area contributed by atoms with Gasteiger partial charge in [0.25, 0.3) is 0 Å². The molecular formula is C12H14Br2N2O2. The molecule has 1 aliphatic rings. The molecule has 1 aromatic rings. The Morgan fingerprint density at radius 2 is 1.83 bits per heavy atom. The van der Waals surface area contributed by atoms with Crippen LogP contribution in [0.2, 0.25) is 0 Å². The molecule has 98 valence electrons. The van der Waals surface area contributed by atoms with Crippen LogP contribution in [0.1, 0.15) is 5.56 Å². The van der Waals surface area contributed by atoms with Crippen LogP contribution in [-0.4, -0.2) is 47.2 Å². The third-order valence-corrected chi connectivity index (χ3v) is 4.91. The first-order chi connectivity index (χ1) is 8.56. The zero-order chi connectivity index (χ0) is 13.1. The van der Waals surface area contributed by atoms with Crippen LogP contribution < -0.4 is 0 Å². The number of amides is 1. The summed E-state index contributed by atoms with van der Waals surface area (Å²) in [6.45, 7) is 3.62. The molecular weight excluding hydrogens is 364 g/mol. The molecule has 6 heteroatoms. The van der Waals surface area contributed by atoms with E-state index in [-0.39, 0.29) is 0 Å². The monoisotopic (exact) mass is 376 g/mol. The quantitative estimate of drug-likeness (QED) is 0.861. The lowest BCUT2D eigenvalue weighted by molar-refractivity contribution is 0.103. The number of halogens is 2. The summed E-state index contributed by atoms with van der Waals surface area (Å²) < 4.78 is 2.09. The highest BCUT2D eigenvalue weighted by molar-refractivity contribution is 9.13. The fourth-order valence-corrected chi connectivity index (χ4v) is 2.67. The maximum Gasteiger partial charge on any atom is 0.407 e. The SMILES string of the molecule is O=C(O)N1CCN(Cc2ccc(Br)c(Br)c2)CC1. The predicted molar refractivity (Wildman–Crippen MR) is 76.7 cm³/mol. The van der Waals surface area contributed by atoms with Gasteiger partial charge in [-0.25, -0.2) is 4.79 Å². The molecule has 0 saturated carbocycles. The van der Waals surface area contributed by atoms with E-state index in [1.807, 2.05) is 6.07 Å². The summed E-state index contributed by atoms with van der Waals surface area (Å²) in [5, 5.41) is 8.88. The third kappa shape index (κ3) is 3.46. The van der Waals surface area contributed by atoms with Crippen LogP contribution in [0, 0.1) is 0 Å². The minimum Gasteiger partial charge on any atom is -0.465 e. The first-order valence-electron chi connectivity index (χ1n) is 5.70. The molecule has 0 aromatic heterocycles. The summed E-state index contributed by atoms with van der Waals surface area (Å²) >= 11 is 6.93. The zero-order valence-electron chi connectivity index (χ0n) is 9.77. The van der Waals surface area contributed by atoms with Crippen LogP contribution >= 0.6 is 31.9 Å². The van der Waals surface area contributed by atoms with Gasteiger partial charge in [0.05, 0.1) is 0 Å². The van der Waals surface area contributed by atoms with Gasteiger partial charge in [-0.2, -0.15) is 0 Å². The van der Waals surface area contributed by atoms with Crippen molar-refractivity contribution < 1.29 is 9.90 Å². The van der Waals surface area contributed by atoms with Crippen LogP contribution in [0.25, 0.3) is 0 Å². The lowest BCUT2D eigenvalue weighted by Crippen LogP contribution is -2.47. The second-order valence-corrected chi connectivity index (χ2v) is 6.00. The van der Waals surface area contributed by atoms with Gasteiger partial charge >= 0.3 is 6.09 Å². The number of benzene rings is 1. The Morgan fingerprint density at radius 3 is 2.39 bits per heavy atom. The summed E-state index contributed by atoms with van der Waals surface area (Å²) in [4.78, 5) is 14.5. The number of carbonyl (C=O) groups is 1. The van der Waals surface area contributed by atoms with E-state index in [0.717, 1.165) is 28.6 Å². The number of nitrogens with zero attached hydrogens (tertiary/aromatic N) is 2. The van der Waals surface area contributed by atoms with Gasteiger partial charge in [0.15, 0.2) is 0 Å². The van der Waals surface area contributed by atoms with Gasteiger partial charge in [0.2, 0.25) is 0 Å². The molecule has 0 atom stereocenters. The van der Waals surface area contributed by atoms with E-state index in [4.69, 9.17) is 5.11 Å². The van der Waals surface area contributed by atoms with Crippen molar-refractivity contribution in [2.24, 2.45) is 0 Å². The summed E-state index contributed by atoms with van der Waals surface area (Å²) in [5.74, 6) is 0. The van der Waals surface area contributed by atoms with Gasteiger partial charge in [-0.3, -0.25) is 4.90 Å². The normalized spacial score (nSPS) is 16.9. The topological polar surface area (TPSA) is 43.8 Å². The van der Waals surface area contributed by atoms with Gasteiger partial charge in [-0.05, 0) is 49.6 Å². The van der Waals surface area contributed by atoms with Crippen LogP contribution in [-0.2, 0) is 6.54 Å². The van der Waals surface area contributed by atoms with E-state index in [9.17, 15) is 4.79 Å². The van der Waals surface area contributed by atoms with Crippen LogP contribution in [0.15, 0.2) is 27.1 Å². The smallest absolute Gasteiger partial charge is 0.407 e. The number of hydrogen-bond donors (Lipinski definition) is 1. The maximum atomic E-state index is 10.8. The van der Waals surface area contributed by atoms with Crippen molar-refractivity contribution in [3.8, 4) is 0 Å². The van der Waals surface area contributed by atoms with Crippen molar-refractivity contribution in [3.63, 3.8) is 0 Å². The molecule has 1 N–H and O–H groups in total. The molecule has 1 aliphatic heterocycles. The highest BCUT2D eigenvalue weighted by Crippen LogP contribution is 2.24. The average molecular weight is 378 g/mol. The molecule has 0 unspecified atom stereocenters. The summed E-state index contributed by atoms with van der Waals surface area (Å²) in [5.41, 5.74) is 1.23. The van der Waals surface area contributed by atoms with E-state index < -0.39 is 6.09 Å². The molecule has 2 rings (SSSR count). The second kappa shape index (κ2) is 6.04. The second-order valence-electron chi connectivity index (χ2n) is 4.29. The Bertz CT molecular complexity index is 446. The van der Waals surface area contributed by atoms with Gasteiger partial charge in [-0.15, -0.1) is 0 Å². The fourth-order valence-electron chi connectivity index (χ4n) is 1.99. The van der Waals surface area contributed by atoms with Crippen LogP contribution in [0.4, 0.5) is 4.79 Å². The molecule has 1 saturated heterocycles.